The molecular weight excluding hydrogens is 468 g/mol. The summed E-state index contributed by atoms with van der Waals surface area (Å²) >= 11 is 4.88. The zero-order valence-electron chi connectivity index (χ0n) is 16.3. The van der Waals surface area contributed by atoms with Crippen LogP contribution in [0.3, 0.4) is 0 Å². The first kappa shape index (κ1) is 21.9. The van der Waals surface area contributed by atoms with Gasteiger partial charge in [0.1, 0.15) is 5.75 Å². The smallest absolute Gasteiger partial charge is 0.340 e. The lowest BCUT2D eigenvalue weighted by Crippen LogP contribution is -2.16. The van der Waals surface area contributed by atoms with Crippen LogP contribution in [0, 0.1) is 0 Å². The first-order chi connectivity index (χ1) is 14.5. The number of anilines is 1. The van der Waals surface area contributed by atoms with E-state index in [1.807, 2.05) is 30.3 Å². The molecule has 0 aliphatic rings. The number of esters is 1. The minimum absolute atomic E-state index is 0.214. The molecule has 0 bridgehead atoms. The third-order valence-corrected chi connectivity index (χ3v) is 5.79. The standard InChI is InChI=1S/C22H19BrN2O4S/c1-28-19-12-18(16(11-17(19)23)22(27)29-2)25-21(26)15-8-9-24-20(10-15)30-13-14-6-4-3-5-7-14/h3-12H,13H2,1-2H3,(H,25,26). The van der Waals surface area contributed by atoms with E-state index in [2.05, 4.69) is 26.2 Å². The third-order valence-electron chi connectivity index (χ3n) is 4.17. The number of rotatable bonds is 7. The van der Waals surface area contributed by atoms with Gasteiger partial charge in [0.05, 0.1) is 35.0 Å². The van der Waals surface area contributed by atoms with E-state index in [0.29, 0.717) is 21.5 Å². The number of methoxy groups -OCH3 is 2. The Hall–Kier alpha value is -2.84. The molecule has 0 saturated heterocycles. The Morgan fingerprint density at radius 2 is 1.87 bits per heavy atom. The Morgan fingerprint density at radius 1 is 1.10 bits per heavy atom. The van der Waals surface area contributed by atoms with Gasteiger partial charge < -0.3 is 14.8 Å². The lowest BCUT2D eigenvalue weighted by Gasteiger charge is -2.13. The van der Waals surface area contributed by atoms with Crippen molar-refractivity contribution in [3.63, 3.8) is 0 Å². The number of thioether (sulfide) groups is 1. The van der Waals surface area contributed by atoms with Gasteiger partial charge in [-0.25, -0.2) is 9.78 Å². The Morgan fingerprint density at radius 3 is 2.57 bits per heavy atom. The lowest BCUT2D eigenvalue weighted by atomic mass is 10.1. The molecule has 1 aromatic heterocycles. The van der Waals surface area contributed by atoms with E-state index in [9.17, 15) is 9.59 Å². The van der Waals surface area contributed by atoms with Crippen LogP contribution < -0.4 is 10.1 Å². The van der Waals surface area contributed by atoms with E-state index in [1.54, 1.807) is 30.5 Å². The molecule has 0 spiro atoms. The maximum Gasteiger partial charge on any atom is 0.340 e. The highest BCUT2D eigenvalue weighted by molar-refractivity contribution is 9.10. The van der Waals surface area contributed by atoms with Crippen LogP contribution in [0.25, 0.3) is 0 Å². The third kappa shape index (κ3) is 5.40. The van der Waals surface area contributed by atoms with Crippen LogP contribution in [0.1, 0.15) is 26.3 Å². The van der Waals surface area contributed by atoms with Crippen molar-refractivity contribution in [1.29, 1.82) is 0 Å². The SMILES string of the molecule is COC(=O)c1cc(Br)c(OC)cc1NC(=O)c1ccnc(SCc2ccccc2)c1. The quantitative estimate of drug-likeness (QED) is 0.366. The molecule has 0 fully saturated rings. The van der Waals surface area contributed by atoms with Crippen molar-refractivity contribution in [1.82, 2.24) is 4.98 Å². The fraction of sp³-hybridized carbons (Fsp3) is 0.136. The highest BCUT2D eigenvalue weighted by Crippen LogP contribution is 2.32. The monoisotopic (exact) mass is 486 g/mol. The normalized spacial score (nSPS) is 10.4. The van der Waals surface area contributed by atoms with Crippen LogP contribution >= 0.6 is 27.7 Å². The molecule has 0 aliphatic carbocycles. The van der Waals surface area contributed by atoms with Gasteiger partial charge in [-0.05, 0) is 39.7 Å². The van der Waals surface area contributed by atoms with E-state index in [4.69, 9.17) is 9.47 Å². The summed E-state index contributed by atoms with van der Waals surface area (Å²) in [5, 5.41) is 3.50. The summed E-state index contributed by atoms with van der Waals surface area (Å²) in [7, 11) is 2.79. The number of benzene rings is 2. The minimum atomic E-state index is -0.567. The summed E-state index contributed by atoms with van der Waals surface area (Å²) in [5.41, 5.74) is 2.11. The highest BCUT2D eigenvalue weighted by Gasteiger charge is 2.18. The lowest BCUT2D eigenvalue weighted by molar-refractivity contribution is 0.0602. The summed E-state index contributed by atoms with van der Waals surface area (Å²) in [6.45, 7) is 0. The number of hydrogen-bond acceptors (Lipinski definition) is 6. The van der Waals surface area contributed by atoms with Gasteiger partial charge in [-0.3, -0.25) is 4.79 Å². The Bertz CT molecular complexity index is 1060. The van der Waals surface area contributed by atoms with Crippen molar-refractivity contribution in [3.8, 4) is 5.75 Å². The fourth-order valence-corrected chi connectivity index (χ4v) is 4.01. The topological polar surface area (TPSA) is 77.5 Å². The first-order valence-corrected chi connectivity index (χ1v) is 10.7. The molecule has 1 heterocycles. The molecule has 154 valence electrons. The van der Waals surface area contributed by atoms with Crippen LogP contribution in [0.15, 0.2) is 70.3 Å². The Kier molecular flexibility index (Phi) is 7.48. The van der Waals surface area contributed by atoms with Crippen molar-refractivity contribution in [2.75, 3.05) is 19.5 Å². The molecule has 1 N–H and O–H groups in total. The Labute approximate surface area is 187 Å². The van der Waals surface area contributed by atoms with Gasteiger partial charge in [-0.15, -0.1) is 11.8 Å². The summed E-state index contributed by atoms with van der Waals surface area (Å²) in [4.78, 5) is 29.3. The number of amides is 1. The van der Waals surface area contributed by atoms with Gasteiger partial charge in [0, 0.05) is 23.6 Å². The molecule has 0 saturated carbocycles. The van der Waals surface area contributed by atoms with Gasteiger partial charge in [-0.1, -0.05) is 30.3 Å². The number of hydrogen-bond donors (Lipinski definition) is 1. The molecule has 0 radical (unpaired) electrons. The molecule has 0 atom stereocenters. The largest absolute Gasteiger partial charge is 0.495 e. The molecule has 3 rings (SSSR count). The van der Waals surface area contributed by atoms with E-state index in [0.717, 1.165) is 10.8 Å². The molecule has 30 heavy (non-hydrogen) atoms. The molecule has 0 unspecified atom stereocenters. The summed E-state index contributed by atoms with van der Waals surface area (Å²) in [5.74, 6) is 0.290. The van der Waals surface area contributed by atoms with Gasteiger partial charge in [-0.2, -0.15) is 0 Å². The maximum atomic E-state index is 12.8. The number of nitrogens with one attached hydrogen (secondary N) is 1. The van der Waals surface area contributed by atoms with Crippen LogP contribution in [-0.4, -0.2) is 31.1 Å². The van der Waals surface area contributed by atoms with Crippen molar-refractivity contribution in [2.24, 2.45) is 0 Å². The summed E-state index contributed by atoms with van der Waals surface area (Å²) in [6, 6.07) is 16.5. The second-order valence-corrected chi connectivity index (χ2v) is 7.99. The number of aromatic nitrogens is 1. The molecule has 3 aromatic rings. The predicted molar refractivity (Wildman–Crippen MR) is 120 cm³/mol. The summed E-state index contributed by atoms with van der Waals surface area (Å²) < 4.78 is 10.7. The van der Waals surface area contributed by atoms with Crippen LogP contribution in [-0.2, 0) is 10.5 Å². The van der Waals surface area contributed by atoms with E-state index < -0.39 is 5.97 Å². The molecule has 6 nitrogen and oxygen atoms in total. The van der Waals surface area contributed by atoms with E-state index in [-0.39, 0.29) is 11.5 Å². The number of carbonyl (C=O) groups excluding carboxylic acids is 2. The van der Waals surface area contributed by atoms with E-state index >= 15 is 0 Å². The second kappa shape index (κ2) is 10.3. The number of halogens is 1. The van der Waals surface area contributed by atoms with E-state index in [1.165, 1.54) is 31.5 Å². The Balaban J connectivity index is 1.80. The minimum Gasteiger partial charge on any atom is -0.495 e. The van der Waals surface area contributed by atoms with Crippen molar-refractivity contribution in [2.45, 2.75) is 10.8 Å². The van der Waals surface area contributed by atoms with Crippen LogP contribution in [0.5, 0.6) is 5.75 Å². The van der Waals surface area contributed by atoms with Gasteiger partial charge in [0.15, 0.2) is 0 Å². The number of nitrogens with zero attached hydrogens (tertiary/aromatic N) is 1. The van der Waals surface area contributed by atoms with Gasteiger partial charge in [0.2, 0.25) is 0 Å². The zero-order chi connectivity index (χ0) is 21.5. The average molecular weight is 487 g/mol. The highest BCUT2D eigenvalue weighted by atomic mass is 79.9. The van der Waals surface area contributed by atoms with Crippen LogP contribution in [0.4, 0.5) is 5.69 Å². The molecule has 0 aliphatic heterocycles. The molecular formula is C22H19BrN2O4S. The molecule has 2 aromatic carbocycles. The van der Waals surface area contributed by atoms with Gasteiger partial charge in [0.25, 0.3) is 5.91 Å². The van der Waals surface area contributed by atoms with Crippen molar-refractivity contribution < 1.29 is 19.1 Å². The molecule has 8 heteroatoms. The van der Waals surface area contributed by atoms with Crippen molar-refractivity contribution >= 4 is 45.3 Å². The number of ether oxygens (including phenoxy) is 2. The summed E-state index contributed by atoms with van der Waals surface area (Å²) in [6.07, 6.45) is 1.59. The molecule has 1 amide bonds. The number of carbonyl (C=O) groups is 2. The fourth-order valence-electron chi connectivity index (χ4n) is 2.65. The average Bonchev–Trinajstić information content (AvgIpc) is 2.78. The maximum absolute atomic E-state index is 12.8. The van der Waals surface area contributed by atoms with Crippen LogP contribution in [0.2, 0.25) is 0 Å². The zero-order valence-corrected chi connectivity index (χ0v) is 18.7. The first-order valence-electron chi connectivity index (χ1n) is 8.91. The predicted octanol–water partition coefficient (Wildman–Crippen LogP) is 5.18. The second-order valence-electron chi connectivity index (χ2n) is 6.14. The van der Waals surface area contributed by atoms with Crippen molar-refractivity contribution in [3.05, 3.63) is 82.0 Å². The number of pyridine rings is 1. The van der Waals surface area contributed by atoms with Gasteiger partial charge >= 0.3 is 5.97 Å².